The summed E-state index contributed by atoms with van der Waals surface area (Å²) in [7, 11) is 0. The van der Waals surface area contributed by atoms with Gasteiger partial charge in [-0.15, -0.1) is 0 Å². The van der Waals surface area contributed by atoms with Gasteiger partial charge in [-0.2, -0.15) is 5.10 Å². The Labute approximate surface area is 121 Å². The van der Waals surface area contributed by atoms with E-state index in [1.54, 1.807) is 0 Å². The van der Waals surface area contributed by atoms with Crippen LogP contribution in [0.15, 0.2) is 30.3 Å². The first-order valence-corrected chi connectivity index (χ1v) is 6.65. The van der Waals surface area contributed by atoms with Crippen LogP contribution in [0.2, 0.25) is 0 Å². The van der Waals surface area contributed by atoms with E-state index in [1.165, 1.54) is 6.07 Å². The molecule has 6 nitrogen and oxygen atoms in total. The Morgan fingerprint density at radius 1 is 1.43 bits per heavy atom. The highest BCUT2D eigenvalue weighted by Gasteiger charge is 2.33. The maximum Gasteiger partial charge on any atom is 0.353 e. The van der Waals surface area contributed by atoms with Crippen molar-refractivity contribution in [1.82, 2.24) is 10.2 Å². The zero-order valence-electron chi connectivity index (χ0n) is 11.8. The Hall–Kier alpha value is -2.18. The minimum atomic E-state index is -1.03. The minimum absolute atomic E-state index is 0.0667. The Bertz CT molecular complexity index is 678. The number of hydrogen-bond donors (Lipinski definition) is 2. The molecule has 0 radical (unpaired) electrons. The predicted octanol–water partition coefficient (Wildman–Crippen LogP) is 2.60. The molecule has 1 atom stereocenters. The number of carboxylic acids is 1. The van der Waals surface area contributed by atoms with Crippen LogP contribution in [-0.4, -0.2) is 33.7 Å². The largest absolute Gasteiger partial charge is 0.477 e. The third kappa shape index (κ3) is 2.81. The zero-order valence-corrected chi connectivity index (χ0v) is 11.8. The number of nitrogens with zero attached hydrogens (tertiary/aromatic N) is 1. The lowest BCUT2D eigenvalue weighted by atomic mass is 10.0. The number of carboxylic acid groups (broad SMARTS) is 1. The van der Waals surface area contributed by atoms with Crippen molar-refractivity contribution in [3.8, 4) is 11.3 Å². The summed E-state index contributed by atoms with van der Waals surface area (Å²) in [5.74, 6) is -1.61. The number of nitrogens with one attached hydrogen (secondary N) is 1. The fraction of sp³-hybridized carbons (Fsp3) is 0.333. The summed E-state index contributed by atoms with van der Waals surface area (Å²) in [4.78, 5) is 10.9. The second-order valence-electron chi connectivity index (χ2n) is 5.41. The molecule has 2 aromatic rings. The molecule has 21 heavy (non-hydrogen) atoms. The molecule has 1 aliphatic heterocycles. The van der Waals surface area contributed by atoms with E-state index in [0.29, 0.717) is 12.3 Å². The molecule has 0 saturated carbocycles. The van der Waals surface area contributed by atoms with Crippen LogP contribution in [0.1, 0.15) is 36.0 Å². The molecular formula is C15H16N2O4. The van der Waals surface area contributed by atoms with Gasteiger partial charge in [-0.25, -0.2) is 4.79 Å². The van der Waals surface area contributed by atoms with Crippen molar-refractivity contribution in [3.05, 3.63) is 41.6 Å². The number of aromatic carboxylic acids is 1. The first kappa shape index (κ1) is 13.8. The number of aromatic nitrogens is 2. The highest BCUT2D eigenvalue weighted by atomic mass is 16.7. The van der Waals surface area contributed by atoms with Gasteiger partial charge in [0.25, 0.3) is 0 Å². The average Bonchev–Trinajstić information content (AvgIpc) is 3.05. The molecule has 0 amide bonds. The summed E-state index contributed by atoms with van der Waals surface area (Å²) in [5.41, 5.74) is 2.48. The molecule has 1 aromatic carbocycles. The smallest absolute Gasteiger partial charge is 0.353 e. The van der Waals surface area contributed by atoms with E-state index in [2.05, 4.69) is 10.2 Å². The van der Waals surface area contributed by atoms with Gasteiger partial charge in [-0.3, -0.25) is 5.10 Å². The van der Waals surface area contributed by atoms with Gasteiger partial charge in [-0.05, 0) is 31.5 Å². The molecule has 1 aliphatic rings. The molecule has 1 fully saturated rings. The molecule has 0 bridgehead atoms. The van der Waals surface area contributed by atoms with Crippen LogP contribution < -0.4 is 0 Å². The van der Waals surface area contributed by atoms with Gasteiger partial charge in [0.1, 0.15) is 11.8 Å². The normalized spacial score (nSPS) is 20.6. The standard InChI is InChI=1S/C15H16N2O4/c1-15(2)20-8-13(21-15)10-5-3-4-9(6-10)11-7-12(14(18)19)17-16-11/h3-7,13H,8H2,1-2H3,(H,16,17)(H,18,19). The van der Waals surface area contributed by atoms with Crippen molar-refractivity contribution >= 4 is 5.97 Å². The van der Waals surface area contributed by atoms with E-state index in [0.717, 1.165) is 11.1 Å². The minimum Gasteiger partial charge on any atom is -0.477 e. The second-order valence-corrected chi connectivity index (χ2v) is 5.41. The fourth-order valence-corrected chi connectivity index (χ4v) is 2.33. The highest BCUT2D eigenvalue weighted by Crippen LogP contribution is 2.34. The van der Waals surface area contributed by atoms with Crippen molar-refractivity contribution in [2.24, 2.45) is 0 Å². The number of carbonyl (C=O) groups is 1. The quantitative estimate of drug-likeness (QED) is 0.906. The first-order chi connectivity index (χ1) is 9.94. The van der Waals surface area contributed by atoms with E-state index < -0.39 is 11.8 Å². The SMILES string of the molecule is CC1(C)OCC(c2cccc(-c3cc(C(=O)O)[nH]n3)c2)O1. The van der Waals surface area contributed by atoms with Crippen molar-refractivity contribution in [1.29, 1.82) is 0 Å². The number of hydrogen-bond acceptors (Lipinski definition) is 4. The highest BCUT2D eigenvalue weighted by molar-refractivity contribution is 5.86. The van der Waals surface area contributed by atoms with E-state index in [4.69, 9.17) is 14.6 Å². The number of benzene rings is 1. The van der Waals surface area contributed by atoms with Gasteiger partial charge in [0.15, 0.2) is 5.79 Å². The predicted molar refractivity (Wildman–Crippen MR) is 74.8 cm³/mol. The number of H-pyrrole nitrogens is 1. The van der Waals surface area contributed by atoms with Crippen LogP contribution in [0, 0.1) is 0 Å². The van der Waals surface area contributed by atoms with Crippen LogP contribution in [0.4, 0.5) is 0 Å². The molecule has 2 heterocycles. The van der Waals surface area contributed by atoms with Crippen LogP contribution in [0.3, 0.4) is 0 Å². The fourth-order valence-electron chi connectivity index (χ4n) is 2.33. The van der Waals surface area contributed by atoms with Crippen molar-refractivity contribution in [3.63, 3.8) is 0 Å². The van der Waals surface area contributed by atoms with E-state index in [9.17, 15) is 4.79 Å². The molecule has 0 spiro atoms. The summed E-state index contributed by atoms with van der Waals surface area (Å²) in [6, 6.07) is 9.19. The number of aromatic amines is 1. The Morgan fingerprint density at radius 2 is 2.24 bits per heavy atom. The lowest BCUT2D eigenvalue weighted by Gasteiger charge is -2.17. The molecule has 1 saturated heterocycles. The van der Waals surface area contributed by atoms with Gasteiger partial charge in [-0.1, -0.05) is 18.2 Å². The van der Waals surface area contributed by atoms with Gasteiger partial charge < -0.3 is 14.6 Å². The van der Waals surface area contributed by atoms with Crippen molar-refractivity contribution in [2.75, 3.05) is 6.61 Å². The molecule has 2 N–H and O–H groups in total. The summed E-state index contributed by atoms with van der Waals surface area (Å²) >= 11 is 0. The molecule has 1 aromatic heterocycles. The average molecular weight is 288 g/mol. The maximum atomic E-state index is 10.9. The molecular weight excluding hydrogens is 272 g/mol. The monoisotopic (exact) mass is 288 g/mol. The van der Waals surface area contributed by atoms with Gasteiger partial charge in [0.05, 0.1) is 12.3 Å². The summed E-state index contributed by atoms with van der Waals surface area (Å²) in [6.45, 7) is 4.25. The lowest BCUT2D eigenvalue weighted by Crippen LogP contribution is -2.19. The molecule has 110 valence electrons. The number of ether oxygens (including phenoxy) is 2. The summed E-state index contributed by atoms with van der Waals surface area (Å²) in [5, 5.41) is 15.4. The second kappa shape index (κ2) is 4.98. The summed E-state index contributed by atoms with van der Waals surface area (Å²) in [6.07, 6.45) is -0.127. The Balaban J connectivity index is 1.88. The Morgan fingerprint density at radius 3 is 2.86 bits per heavy atom. The molecule has 0 aliphatic carbocycles. The number of rotatable bonds is 3. The molecule has 3 rings (SSSR count). The van der Waals surface area contributed by atoms with Gasteiger partial charge >= 0.3 is 5.97 Å². The van der Waals surface area contributed by atoms with Crippen LogP contribution >= 0.6 is 0 Å². The van der Waals surface area contributed by atoms with E-state index >= 15 is 0 Å². The van der Waals surface area contributed by atoms with Crippen LogP contribution in [0.25, 0.3) is 11.3 Å². The Kier molecular flexibility index (Phi) is 3.27. The zero-order chi connectivity index (χ0) is 15.0. The third-order valence-electron chi connectivity index (χ3n) is 3.37. The van der Waals surface area contributed by atoms with Crippen LogP contribution in [0.5, 0.6) is 0 Å². The van der Waals surface area contributed by atoms with Crippen molar-refractivity contribution in [2.45, 2.75) is 25.7 Å². The molecule has 6 heteroatoms. The first-order valence-electron chi connectivity index (χ1n) is 6.65. The topological polar surface area (TPSA) is 84.4 Å². The maximum absolute atomic E-state index is 10.9. The lowest BCUT2D eigenvalue weighted by molar-refractivity contribution is -0.139. The van der Waals surface area contributed by atoms with Crippen molar-refractivity contribution < 1.29 is 19.4 Å². The van der Waals surface area contributed by atoms with Gasteiger partial charge in [0, 0.05) is 5.56 Å². The van der Waals surface area contributed by atoms with E-state index in [1.807, 2.05) is 38.1 Å². The van der Waals surface area contributed by atoms with Crippen LogP contribution in [-0.2, 0) is 9.47 Å². The van der Waals surface area contributed by atoms with Gasteiger partial charge in [0.2, 0.25) is 0 Å². The molecule has 1 unspecified atom stereocenters. The summed E-state index contributed by atoms with van der Waals surface area (Å²) < 4.78 is 11.4. The third-order valence-corrected chi connectivity index (χ3v) is 3.37. The van der Waals surface area contributed by atoms with E-state index in [-0.39, 0.29) is 11.8 Å².